The van der Waals surface area contributed by atoms with Crippen molar-refractivity contribution in [3.05, 3.63) is 57.9 Å². The molecule has 39 heavy (non-hydrogen) atoms. The Kier molecular flexibility index (Phi) is 15.1. The number of hydrogen-bond acceptors (Lipinski definition) is 7. The van der Waals surface area contributed by atoms with E-state index in [2.05, 4.69) is 42.5 Å². The molecule has 3 rings (SSSR count). The van der Waals surface area contributed by atoms with Crippen molar-refractivity contribution in [3.8, 4) is 0 Å². The zero-order chi connectivity index (χ0) is 26.8. The number of H-pyrrole nitrogens is 1. The van der Waals surface area contributed by atoms with Gasteiger partial charge in [-0.1, -0.05) is 39.8 Å². The summed E-state index contributed by atoms with van der Waals surface area (Å²) >= 11 is 0. The lowest BCUT2D eigenvalue weighted by molar-refractivity contribution is 0.0480. The van der Waals surface area contributed by atoms with Crippen LogP contribution in [0.4, 0.5) is 0 Å². The van der Waals surface area contributed by atoms with E-state index in [0.717, 1.165) is 57.5 Å². The number of fused-ring (bicyclic) bond motifs is 3. The molecule has 0 saturated carbocycles. The molecule has 0 aliphatic carbocycles. The fraction of sp³-hybridized carbons (Fsp3) is 0.483. The van der Waals surface area contributed by atoms with Crippen molar-refractivity contribution >= 4 is 58.4 Å². The molecule has 0 aliphatic heterocycles. The van der Waals surface area contributed by atoms with Crippen LogP contribution in [0.5, 0.6) is 0 Å². The third-order valence-corrected chi connectivity index (χ3v) is 6.79. The average Bonchev–Trinajstić information content (AvgIpc) is 2.92. The van der Waals surface area contributed by atoms with Gasteiger partial charge in [0, 0.05) is 29.4 Å². The highest BCUT2D eigenvalue weighted by Crippen LogP contribution is 2.24. The highest BCUT2D eigenvalue weighted by atomic mass is 35.5. The summed E-state index contributed by atoms with van der Waals surface area (Å²) in [4.78, 5) is 45.3. The second-order valence-electron chi connectivity index (χ2n) is 9.01. The second-order valence-corrected chi connectivity index (χ2v) is 9.01. The Morgan fingerprint density at radius 3 is 1.64 bits per heavy atom. The van der Waals surface area contributed by atoms with Crippen molar-refractivity contribution in [2.75, 3.05) is 52.5 Å². The van der Waals surface area contributed by atoms with E-state index < -0.39 is 11.9 Å². The average molecular weight is 583 g/mol. The molecule has 0 bridgehead atoms. The molecule has 1 aromatic heterocycles. The van der Waals surface area contributed by atoms with Crippen molar-refractivity contribution in [2.45, 2.75) is 40.5 Å². The summed E-state index contributed by atoms with van der Waals surface area (Å²) < 4.78 is 10.9. The molecule has 0 saturated heterocycles. The predicted octanol–water partition coefficient (Wildman–Crippen LogP) is 5.30. The SMILES string of the molecule is CCN(CC)CCCOC(=O)c1ccc2c(c1)[nH]c(=O)c1cc(C(=O)OCCCN(CC)CC)ccc12.Cl.Cl. The monoisotopic (exact) mass is 581 g/mol. The minimum Gasteiger partial charge on any atom is -0.462 e. The van der Waals surface area contributed by atoms with E-state index in [9.17, 15) is 14.4 Å². The van der Waals surface area contributed by atoms with Gasteiger partial charge in [0.15, 0.2) is 0 Å². The highest BCUT2D eigenvalue weighted by Gasteiger charge is 2.14. The van der Waals surface area contributed by atoms with Crippen LogP contribution in [0.1, 0.15) is 61.3 Å². The first-order valence-electron chi connectivity index (χ1n) is 13.3. The number of aromatic amines is 1. The van der Waals surface area contributed by atoms with E-state index in [1.54, 1.807) is 36.4 Å². The Morgan fingerprint density at radius 1 is 0.692 bits per heavy atom. The first-order chi connectivity index (χ1) is 17.9. The topological polar surface area (TPSA) is 91.9 Å². The van der Waals surface area contributed by atoms with Crippen LogP contribution < -0.4 is 5.56 Å². The van der Waals surface area contributed by atoms with Crippen LogP contribution in [0.15, 0.2) is 41.2 Å². The third kappa shape index (κ3) is 9.21. The molecule has 1 N–H and O–H groups in total. The van der Waals surface area contributed by atoms with Gasteiger partial charge in [-0.15, -0.1) is 24.8 Å². The molecule has 0 radical (unpaired) electrons. The molecule has 0 unspecified atom stereocenters. The number of ether oxygens (including phenoxy) is 2. The lowest BCUT2D eigenvalue weighted by Crippen LogP contribution is -2.25. The van der Waals surface area contributed by atoms with Crippen molar-refractivity contribution < 1.29 is 19.1 Å². The summed E-state index contributed by atoms with van der Waals surface area (Å²) in [5.74, 6) is -0.860. The van der Waals surface area contributed by atoms with Crippen molar-refractivity contribution in [3.63, 3.8) is 0 Å². The van der Waals surface area contributed by atoms with Gasteiger partial charge in [-0.3, -0.25) is 4.79 Å². The lowest BCUT2D eigenvalue weighted by atomic mass is 10.0. The van der Waals surface area contributed by atoms with Crippen LogP contribution in [0.3, 0.4) is 0 Å². The number of esters is 2. The van der Waals surface area contributed by atoms with E-state index in [-0.39, 0.29) is 30.4 Å². The van der Waals surface area contributed by atoms with Crippen LogP contribution in [-0.4, -0.2) is 79.2 Å². The second kappa shape index (κ2) is 17.1. The van der Waals surface area contributed by atoms with E-state index in [0.29, 0.717) is 40.6 Å². The third-order valence-electron chi connectivity index (χ3n) is 6.79. The van der Waals surface area contributed by atoms with Gasteiger partial charge < -0.3 is 24.3 Å². The fourth-order valence-electron chi connectivity index (χ4n) is 4.45. The van der Waals surface area contributed by atoms with E-state index in [1.807, 2.05) is 0 Å². The maximum Gasteiger partial charge on any atom is 0.338 e. The molecule has 216 valence electrons. The molecular formula is C29H41Cl2N3O5. The lowest BCUT2D eigenvalue weighted by Gasteiger charge is -2.17. The Labute approximate surface area is 242 Å². The Balaban J connectivity index is 0.00000380. The number of nitrogens with zero attached hydrogens (tertiary/aromatic N) is 2. The summed E-state index contributed by atoms with van der Waals surface area (Å²) in [6.45, 7) is 14.7. The number of carbonyl (C=O) groups excluding carboxylic acids is 2. The summed E-state index contributed by atoms with van der Waals surface area (Å²) in [5, 5.41) is 1.89. The Hall–Kier alpha value is -2.65. The molecule has 0 spiro atoms. The van der Waals surface area contributed by atoms with Gasteiger partial charge in [-0.05, 0) is 68.7 Å². The molecular weight excluding hydrogens is 541 g/mol. The largest absolute Gasteiger partial charge is 0.462 e. The van der Waals surface area contributed by atoms with Gasteiger partial charge in [0.05, 0.1) is 24.3 Å². The van der Waals surface area contributed by atoms with Crippen LogP contribution in [0.2, 0.25) is 0 Å². The van der Waals surface area contributed by atoms with Gasteiger partial charge in [-0.25, -0.2) is 9.59 Å². The van der Waals surface area contributed by atoms with Crippen LogP contribution in [-0.2, 0) is 9.47 Å². The van der Waals surface area contributed by atoms with E-state index in [1.165, 1.54) is 0 Å². The number of aromatic nitrogens is 1. The smallest absolute Gasteiger partial charge is 0.338 e. The zero-order valence-corrected chi connectivity index (χ0v) is 24.9. The maximum atomic E-state index is 12.8. The van der Waals surface area contributed by atoms with E-state index in [4.69, 9.17) is 9.47 Å². The molecule has 0 aliphatic rings. The van der Waals surface area contributed by atoms with Crippen molar-refractivity contribution in [1.29, 1.82) is 0 Å². The normalized spacial score (nSPS) is 10.9. The molecule has 0 amide bonds. The maximum absolute atomic E-state index is 12.8. The summed E-state index contributed by atoms with van der Waals surface area (Å²) in [6.07, 6.45) is 1.52. The minimum absolute atomic E-state index is 0. The number of carbonyl (C=O) groups is 2. The molecule has 0 atom stereocenters. The van der Waals surface area contributed by atoms with Crippen LogP contribution in [0.25, 0.3) is 21.7 Å². The Bertz CT molecular complexity index is 1270. The zero-order valence-electron chi connectivity index (χ0n) is 23.3. The van der Waals surface area contributed by atoms with Crippen LogP contribution >= 0.6 is 24.8 Å². The summed E-state index contributed by atoms with van der Waals surface area (Å²) in [5.41, 5.74) is 0.936. The molecule has 8 nitrogen and oxygen atoms in total. The first kappa shape index (κ1) is 34.4. The molecule has 10 heteroatoms. The molecule has 1 heterocycles. The standard InChI is InChI=1S/C29H39N3O5.2ClH/c1-5-31(6-2)15-9-17-36-28(34)21-11-13-23-24-14-12-22(20-26(24)30-27(33)25(23)19-21)29(35)37-18-10-16-32(7-3)8-4;;/h11-14,19-20H,5-10,15-18H2,1-4H3,(H,30,33);2*1H. The van der Waals surface area contributed by atoms with Gasteiger partial charge in [0.25, 0.3) is 5.56 Å². The number of pyridine rings is 1. The van der Waals surface area contributed by atoms with Gasteiger partial charge >= 0.3 is 11.9 Å². The fourth-order valence-corrected chi connectivity index (χ4v) is 4.45. The summed E-state index contributed by atoms with van der Waals surface area (Å²) in [6, 6.07) is 10.1. The molecule has 2 aromatic carbocycles. The number of benzene rings is 2. The Morgan fingerprint density at radius 2 is 1.15 bits per heavy atom. The molecule has 3 aromatic rings. The number of rotatable bonds is 14. The predicted molar refractivity (Wildman–Crippen MR) is 162 cm³/mol. The summed E-state index contributed by atoms with van der Waals surface area (Å²) in [7, 11) is 0. The molecule has 0 fully saturated rings. The minimum atomic E-state index is -0.444. The van der Waals surface area contributed by atoms with Crippen LogP contribution in [0, 0.1) is 0 Å². The quantitative estimate of drug-likeness (QED) is 0.157. The van der Waals surface area contributed by atoms with Crippen molar-refractivity contribution in [2.24, 2.45) is 0 Å². The van der Waals surface area contributed by atoms with Gasteiger partial charge in [0.2, 0.25) is 0 Å². The number of halogens is 2. The number of hydrogen-bond donors (Lipinski definition) is 1. The highest BCUT2D eigenvalue weighted by molar-refractivity contribution is 6.08. The van der Waals surface area contributed by atoms with Gasteiger partial charge in [0.1, 0.15) is 0 Å². The van der Waals surface area contributed by atoms with E-state index >= 15 is 0 Å². The number of nitrogens with one attached hydrogen (secondary N) is 1. The van der Waals surface area contributed by atoms with Gasteiger partial charge in [-0.2, -0.15) is 0 Å². The van der Waals surface area contributed by atoms with Crippen molar-refractivity contribution in [1.82, 2.24) is 14.8 Å². The first-order valence-corrected chi connectivity index (χ1v) is 13.3.